The maximum atomic E-state index is 5.85. The van der Waals surface area contributed by atoms with E-state index in [0.717, 1.165) is 38.5 Å². The molecule has 0 N–H and O–H groups in total. The standard InChI is InChI=1S/C15H23N5OS/c1-3-4-5-14-17-12(10-22-14)8-20-6-7-21-13(9-20)15-18-16-11-19(15)2/h10-11,13H,3-9H2,1-2H3/t13-/m1/s1. The molecule has 0 aromatic carbocycles. The maximum absolute atomic E-state index is 5.85. The summed E-state index contributed by atoms with van der Waals surface area (Å²) < 4.78 is 7.78. The number of hydrogen-bond donors (Lipinski definition) is 0. The molecule has 0 unspecified atom stereocenters. The van der Waals surface area contributed by atoms with Gasteiger partial charge in [-0.2, -0.15) is 0 Å². The third-order valence-corrected chi connectivity index (χ3v) is 4.87. The first-order chi connectivity index (χ1) is 10.8. The zero-order chi connectivity index (χ0) is 15.4. The van der Waals surface area contributed by atoms with E-state index >= 15 is 0 Å². The van der Waals surface area contributed by atoms with E-state index in [9.17, 15) is 0 Å². The lowest BCUT2D eigenvalue weighted by Crippen LogP contribution is -2.38. The summed E-state index contributed by atoms with van der Waals surface area (Å²) in [4.78, 5) is 7.14. The normalized spacial score (nSPS) is 19.6. The summed E-state index contributed by atoms with van der Waals surface area (Å²) in [7, 11) is 1.96. The van der Waals surface area contributed by atoms with Crippen molar-refractivity contribution >= 4 is 11.3 Å². The van der Waals surface area contributed by atoms with Crippen molar-refractivity contribution in [2.24, 2.45) is 7.05 Å². The fourth-order valence-corrected chi connectivity index (χ4v) is 3.51. The van der Waals surface area contributed by atoms with Gasteiger partial charge in [-0.15, -0.1) is 21.5 Å². The summed E-state index contributed by atoms with van der Waals surface area (Å²) in [5.74, 6) is 0.895. The van der Waals surface area contributed by atoms with Gasteiger partial charge in [-0.25, -0.2) is 4.98 Å². The summed E-state index contributed by atoms with van der Waals surface area (Å²) in [6.07, 6.45) is 5.26. The maximum Gasteiger partial charge on any atom is 0.163 e. The molecule has 0 bridgehead atoms. The van der Waals surface area contributed by atoms with Gasteiger partial charge in [0.25, 0.3) is 0 Å². The highest BCUT2D eigenvalue weighted by Crippen LogP contribution is 2.22. The van der Waals surface area contributed by atoms with Gasteiger partial charge in [0.15, 0.2) is 5.82 Å². The van der Waals surface area contributed by atoms with Crippen LogP contribution in [0.3, 0.4) is 0 Å². The number of aryl methyl sites for hydroxylation is 2. The lowest BCUT2D eigenvalue weighted by atomic mass is 10.2. The quantitative estimate of drug-likeness (QED) is 0.816. The average Bonchev–Trinajstić information content (AvgIpc) is 3.14. The molecular weight excluding hydrogens is 298 g/mol. The second-order valence-electron chi connectivity index (χ2n) is 5.73. The van der Waals surface area contributed by atoms with Crippen molar-refractivity contribution in [2.75, 3.05) is 19.7 Å². The minimum atomic E-state index is -0.000512. The van der Waals surface area contributed by atoms with E-state index in [1.165, 1.54) is 23.5 Å². The first kappa shape index (κ1) is 15.6. The number of hydrogen-bond acceptors (Lipinski definition) is 6. The van der Waals surface area contributed by atoms with Crippen molar-refractivity contribution in [3.05, 3.63) is 28.2 Å². The van der Waals surface area contributed by atoms with E-state index < -0.39 is 0 Å². The first-order valence-electron chi connectivity index (χ1n) is 7.87. The van der Waals surface area contributed by atoms with Gasteiger partial charge in [0.05, 0.1) is 17.3 Å². The first-order valence-corrected chi connectivity index (χ1v) is 8.75. The Labute approximate surface area is 135 Å². The summed E-state index contributed by atoms with van der Waals surface area (Å²) in [6.45, 7) is 5.62. The number of ether oxygens (including phenoxy) is 1. The highest BCUT2D eigenvalue weighted by atomic mass is 32.1. The van der Waals surface area contributed by atoms with E-state index in [2.05, 4.69) is 27.4 Å². The van der Waals surface area contributed by atoms with Gasteiger partial charge in [-0.3, -0.25) is 4.90 Å². The Morgan fingerprint density at radius 3 is 3.14 bits per heavy atom. The van der Waals surface area contributed by atoms with Crippen LogP contribution in [0.25, 0.3) is 0 Å². The number of rotatable bonds is 6. The Morgan fingerprint density at radius 2 is 2.36 bits per heavy atom. The third-order valence-electron chi connectivity index (χ3n) is 3.91. The molecule has 22 heavy (non-hydrogen) atoms. The summed E-state index contributed by atoms with van der Waals surface area (Å²) in [6, 6.07) is 0. The molecule has 3 rings (SSSR count). The van der Waals surface area contributed by atoms with Crippen LogP contribution in [0.4, 0.5) is 0 Å². The molecule has 6 nitrogen and oxygen atoms in total. The molecule has 3 heterocycles. The van der Waals surface area contributed by atoms with Crippen molar-refractivity contribution in [1.29, 1.82) is 0 Å². The van der Waals surface area contributed by atoms with Crippen LogP contribution in [-0.4, -0.2) is 44.3 Å². The molecule has 0 saturated carbocycles. The minimum Gasteiger partial charge on any atom is -0.368 e. The highest BCUT2D eigenvalue weighted by molar-refractivity contribution is 7.09. The zero-order valence-electron chi connectivity index (χ0n) is 13.2. The summed E-state index contributed by atoms with van der Waals surface area (Å²) in [5, 5.41) is 11.6. The predicted molar refractivity (Wildman–Crippen MR) is 85.7 cm³/mol. The molecular formula is C15H23N5OS. The Kier molecular flexibility index (Phi) is 5.17. The highest BCUT2D eigenvalue weighted by Gasteiger charge is 2.25. The van der Waals surface area contributed by atoms with Gasteiger partial charge in [0.1, 0.15) is 12.4 Å². The van der Waals surface area contributed by atoms with E-state index in [0.29, 0.717) is 0 Å². The van der Waals surface area contributed by atoms with Gasteiger partial charge < -0.3 is 9.30 Å². The fraction of sp³-hybridized carbons (Fsp3) is 0.667. The number of thiazole rings is 1. The molecule has 0 radical (unpaired) electrons. The third kappa shape index (κ3) is 3.71. The van der Waals surface area contributed by atoms with Gasteiger partial charge >= 0.3 is 0 Å². The Bertz CT molecular complexity index is 596. The van der Waals surface area contributed by atoms with Crippen molar-refractivity contribution in [2.45, 2.75) is 38.8 Å². The SMILES string of the molecule is CCCCc1nc(CN2CCO[C@@H](c3nncn3C)C2)cs1. The van der Waals surface area contributed by atoms with Crippen LogP contribution in [-0.2, 0) is 24.8 Å². The Morgan fingerprint density at radius 1 is 1.45 bits per heavy atom. The van der Waals surface area contributed by atoms with Crippen LogP contribution >= 0.6 is 11.3 Å². The molecule has 0 amide bonds. The zero-order valence-corrected chi connectivity index (χ0v) is 14.1. The van der Waals surface area contributed by atoms with Crippen LogP contribution in [0.1, 0.15) is 42.4 Å². The molecule has 1 aliphatic rings. The lowest BCUT2D eigenvalue weighted by Gasteiger charge is -2.31. The summed E-state index contributed by atoms with van der Waals surface area (Å²) in [5.41, 5.74) is 1.18. The Balaban J connectivity index is 1.58. The second kappa shape index (κ2) is 7.30. The van der Waals surface area contributed by atoms with Gasteiger partial charge in [-0.05, 0) is 12.8 Å². The smallest absolute Gasteiger partial charge is 0.163 e. The average molecular weight is 321 g/mol. The van der Waals surface area contributed by atoms with Crippen molar-refractivity contribution < 1.29 is 4.74 Å². The summed E-state index contributed by atoms with van der Waals surface area (Å²) >= 11 is 1.78. The van der Waals surface area contributed by atoms with Crippen LogP contribution in [0.2, 0.25) is 0 Å². The molecule has 120 valence electrons. The van der Waals surface area contributed by atoms with Crippen molar-refractivity contribution in [3.8, 4) is 0 Å². The number of unbranched alkanes of at least 4 members (excludes halogenated alkanes) is 1. The number of morpholine rings is 1. The monoisotopic (exact) mass is 321 g/mol. The largest absolute Gasteiger partial charge is 0.368 e. The van der Waals surface area contributed by atoms with E-state index in [-0.39, 0.29) is 6.10 Å². The predicted octanol–water partition coefficient (Wildman–Crippen LogP) is 2.19. The van der Waals surface area contributed by atoms with Gasteiger partial charge in [-0.1, -0.05) is 13.3 Å². The molecule has 2 aromatic heterocycles. The van der Waals surface area contributed by atoms with E-state index in [1.54, 1.807) is 17.7 Å². The number of aromatic nitrogens is 4. The molecule has 2 aromatic rings. The van der Waals surface area contributed by atoms with Gasteiger partial charge in [0, 0.05) is 32.1 Å². The van der Waals surface area contributed by atoms with Crippen LogP contribution in [0.15, 0.2) is 11.7 Å². The molecule has 1 atom stereocenters. The number of nitrogens with zero attached hydrogens (tertiary/aromatic N) is 5. The molecule has 1 aliphatic heterocycles. The van der Waals surface area contributed by atoms with E-state index in [4.69, 9.17) is 9.72 Å². The molecule has 0 spiro atoms. The second-order valence-corrected chi connectivity index (χ2v) is 6.67. The van der Waals surface area contributed by atoms with Crippen LogP contribution in [0, 0.1) is 0 Å². The lowest BCUT2D eigenvalue weighted by molar-refractivity contribution is -0.0388. The van der Waals surface area contributed by atoms with Crippen molar-refractivity contribution in [1.82, 2.24) is 24.6 Å². The van der Waals surface area contributed by atoms with E-state index in [1.807, 2.05) is 11.6 Å². The van der Waals surface area contributed by atoms with Crippen molar-refractivity contribution in [3.63, 3.8) is 0 Å². The molecule has 7 heteroatoms. The fourth-order valence-electron chi connectivity index (χ4n) is 2.68. The molecule has 1 saturated heterocycles. The topological polar surface area (TPSA) is 56.1 Å². The van der Waals surface area contributed by atoms with Crippen LogP contribution < -0.4 is 0 Å². The molecule has 1 fully saturated rings. The Hall–Kier alpha value is -1.31. The van der Waals surface area contributed by atoms with Crippen LogP contribution in [0.5, 0.6) is 0 Å². The molecule has 0 aliphatic carbocycles. The minimum absolute atomic E-state index is 0.000512. The van der Waals surface area contributed by atoms with Gasteiger partial charge in [0.2, 0.25) is 0 Å².